The van der Waals surface area contributed by atoms with Crippen molar-refractivity contribution in [3.8, 4) is 0 Å². The highest BCUT2D eigenvalue weighted by atomic mass is 16.6. The Bertz CT molecular complexity index is 572. The van der Waals surface area contributed by atoms with Crippen LogP contribution < -0.4 is 5.32 Å². The van der Waals surface area contributed by atoms with Gasteiger partial charge in [0.15, 0.2) is 0 Å². The lowest BCUT2D eigenvalue weighted by molar-refractivity contribution is -0.393. The Labute approximate surface area is 119 Å². The lowest BCUT2D eigenvalue weighted by Gasteiger charge is -2.17. The van der Waals surface area contributed by atoms with Gasteiger partial charge >= 0.3 is 5.97 Å². The molecule has 1 rings (SSSR count). The van der Waals surface area contributed by atoms with Crippen molar-refractivity contribution in [2.75, 3.05) is 11.9 Å². The van der Waals surface area contributed by atoms with Crippen LogP contribution in [0.4, 0.5) is 17.1 Å². The molecule has 0 saturated heterocycles. The van der Waals surface area contributed by atoms with Crippen LogP contribution in [0.15, 0.2) is 18.2 Å². The van der Waals surface area contributed by atoms with Crippen molar-refractivity contribution >= 4 is 23.0 Å². The van der Waals surface area contributed by atoms with Crippen molar-refractivity contribution in [1.82, 2.24) is 0 Å². The second-order valence-corrected chi connectivity index (χ2v) is 4.79. The standard InChI is InChI=1S/C12H15N3O6/c1-7(2)9(12(16)17)6-13-10-4-3-8(14(18)19)5-11(10)15(20)21/h3-5,7,9,13H,6H2,1-2H3,(H,16,17). The van der Waals surface area contributed by atoms with Crippen LogP contribution in [0.3, 0.4) is 0 Å². The molecule has 0 aliphatic rings. The average Bonchev–Trinajstić information content (AvgIpc) is 2.37. The SMILES string of the molecule is CC(C)C(CNc1ccc([N+](=O)[O-])cc1[N+](=O)[O-])C(=O)O. The molecule has 0 aliphatic carbocycles. The number of carboxylic acid groups (broad SMARTS) is 1. The maximum atomic E-state index is 11.1. The average molecular weight is 297 g/mol. The highest BCUT2D eigenvalue weighted by molar-refractivity contribution is 5.72. The highest BCUT2D eigenvalue weighted by Crippen LogP contribution is 2.29. The highest BCUT2D eigenvalue weighted by Gasteiger charge is 2.24. The topological polar surface area (TPSA) is 136 Å². The third kappa shape index (κ3) is 4.13. The molecule has 0 aromatic heterocycles. The minimum Gasteiger partial charge on any atom is -0.481 e. The predicted molar refractivity (Wildman–Crippen MR) is 74.2 cm³/mol. The number of carbonyl (C=O) groups is 1. The molecule has 9 nitrogen and oxygen atoms in total. The van der Waals surface area contributed by atoms with E-state index in [9.17, 15) is 25.0 Å². The van der Waals surface area contributed by atoms with Gasteiger partial charge in [0, 0.05) is 12.6 Å². The molecule has 2 N–H and O–H groups in total. The van der Waals surface area contributed by atoms with Crippen LogP contribution in [-0.4, -0.2) is 27.5 Å². The van der Waals surface area contributed by atoms with E-state index in [-0.39, 0.29) is 18.2 Å². The summed E-state index contributed by atoms with van der Waals surface area (Å²) in [4.78, 5) is 31.1. The van der Waals surface area contributed by atoms with Gasteiger partial charge in [-0.05, 0) is 12.0 Å². The van der Waals surface area contributed by atoms with Gasteiger partial charge in [0.1, 0.15) is 5.69 Å². The number of nitrogens with one attached hydrogen (secondary N) is 1. The van der Waals surface area contributed by atoms with Gasteiger partial charge in [-0.25, -0.2) is 0 Å². The van der Waals surface area contributed by atoms with E-state index in [2.05, 4.69) is 5.32 Å². The molecule has 0 amide bonds. The first kappa shape index (κ1) is 16.3. The molecular formula is C12H15N3O6. The number of nitrogens with zero attached hydrogens (tertiary/aromatic N) is 2. The molecule has 21 heavy (non-hydrogen) atoms. The maximum absolute atomic E-state index is 11.1. The Morgan fingerprint density at radius 1 is 1.29 bits per heavy atom. The number of anilines is 1. The zero-order valence-electron chi connectivity index (χ0n) is 11.5. The number of benzene rings is 1. The van der Waals surface area contributed by atoms with E-state index < -0.39 is 33.1 Å². The van der Waals surface area contributed by atoms with Crippen LogP contribution in [0.1, 0.15) is 13.8 Å². The maximum Gasteiger partial charge on any atom is 0.308 e. The van der Waals surface area contributed by atoms with E-state index >= 15 is 0 Å². The second kappa shape index (κ2) is 6.64. The molecule has 1 atom stereocenters. The molecule has 0 spiro atoms. The van der Waals surface area contributed by atoms with Gasteiger partial charge in [-0.3, -0.25) is 25.0 Å². The number of carboxylic acids is 1. The van der Waals surface area contributed by atoms with Gasteiger partial charge < -0.3 is 10.4 Å². The number of nitro groups is 2. The van der Waals surface area contributed by atoms with Crippen molar-refractivity contribution in [1.29, 1.82) is 0 Å². The summed E-state index contributed by atoms with van der Waals surface area (Å²) in [6.07, 6.45) is 0. The summed E-state index contributed by atoms with van der Waals surface area (Å²) in [5, 5.41) is 33.3. The summed E-state index contributed by atoms with van der Waals surface area (Å²) in [6, 6.07) is 3.17. The van der Waals surface area contributed by atoms with Crippen LogP contribution in [0, 0.1) is 32.1 Å². The molecule has 114 valence electrons. The van der Waals surface area contributed by atoms with Crippen LogP contribution in [0.5, 0.6) is 0 Å². The molecule has 0 heterocycles. The van der Waals surface area contributed by atoms with Crippen molar-refractivity contribution in [3.05, 3.63) is 38.4 Å². The number of aliphatic carboxylic acids is 1. The minimum absolute atomic E-state index is 0.00828. The van der Waals surface area contributed by atoms with E-state index in [1.165, 1.54) is 6.07 Å². The van der Waals surface area contributed by atoms with Gasteiger partial charge in [-0.2, -0.15) is 0 Å². The first-order valence-corrected chi connectivity index (χ1v) is 6.13. The molecule has 0 bridgehead atoms. The summed E-state index contributed by atoms with van der Waals surface area (Å²) in [7, 11) is 0. The van der Waals surface area contributed by atoms with Gasteiger partial charge in [0.05, 0.1) is 21.8 Å². The second-order valence-electron chi connectivity index (χ2n) is 4.79. The van der Waals surface area contributed by atoms with Crippen molar-refractivity contribution in [2.24, 2.45) is 11.8 Å². The van der Waals surface area contributed by atoms with E-state index in [4.69, 9.17) is 5.11 Å². The Kier molecular flexibility index (Phi) is 5.17. The van der Waals surface area contributed by atoms with Gasteiger partial charge in [-0.15, -0.1) is 0 Å². The molecule has 1 aromatic rings. The molecule has 0 fully saturated rings. The van der Waals surface area contributed by atoms with E-state index in [0.29, 0.717) is 0 Å². The number of non-ortho nitro benzene ring substituents is 1. The molecule has 1 aromatic carbocycles. The lowest BCUT2D eigenvalue weighted by atomic mass is 9.96. The molecule has 0 saturated carbocycles. The monoisotopic (exact) mass is 297 g/mol. The summed E-state index contributed by atoms with van der Waals surface area (Å²) in [5.41, 5.74) is -0.805. The van der Waals surface area contributed by atoms with E-state index in [0.717, 1.165) is 12.1 Å². The Morgan fingerprint density at radius 3 is 2.33 bits per heavy atom. The minimum atomic E-state index is -1.01. The van der Waals surface area contributed by atoms with Crippen molar-refractivity contribution in [2.45, 2.75) is 13.8 Å². The van der Waals surface area contributed by atoms with Crippen LogP contribution in [0.2, 0.25) is 0 Å². The molecular weight excluding hydrogens is 282 g/mol. The number of rotatable bonds is 7. The largest absolute Gasteiger partial charge is 0.481 e. The van der Waals surface area contributed by atoms with Crippen LogP contribution in [0.25, 0.3) is 0 Å². The van der Waals surface area contributed by atoms with Gasteiger partial charge in [-0.1, -0.05) is 13.8 Å². The fourth-order valence-corrected chi connectivity index (χ4v) is 1.76. The predicted octanol–water partition coefficient (Wildman–Crippen LogP) is 2.27. The number of hydrogen-bond donors (Lipinski definition) is 2. The first-order valence-electron chi connectivity index (χ1n) is 6.13. The summed E-state index contributed by atoms with van der Waals surface area (Å²) >= 11 is 0. The van der Waals surface area contributed by atoms with E-state index in [1.54, 1.807) is 13.8 Å². The Hall–Kier alpha value is -2.71. The molecule has 9 heteroatoms. The quantitative estimate of drug-likeness (QED) is 0.581. The number of hydrogen-bond acceptors (Lipinski definition) is 6. The summed E-state index contributed by atoms with van der Waals surface area (Å²) in [5.74, 6) is -1.89. The van der Waals surface area contributed by atoms with Crippen molar-refractivity contribution < 1.29 is 19.7 Å². The van der Waals surface area contributed by atoms with Crippen molar-refractivity contribution in [3.63, 3.8) is 0 Å². The third-order valence-corrected chi connectivity index (χ3v) is 3.02. The first-order chi connectivity index (χ1) is 9.73. The fourth-order valence-electron chi connectivity index (χ4n) is 1.76. The van der Waals surface area contributed by atoms with Gasteiger partial charge in [0.25, 0.3) is 11.4 Å². The third-order valence-electron chi connectivity index (χ3n) is 3.02. The molecule has 0 radical (unpaired) electrons. The summed E-state index contributed by atoms with van der Waals surface area (Å²) in [6.45, 7) is 3.45. The lowest BCUT2D eigenvalue weighted by Crippen LogP contribution is -2.27. The molecule has 0 aliphatic heterocycles. The van der Waals surface area contributed by atoms with Crippen LogP contribution in [-0.2, 0) is 4.79 Å². The fraction of sp³-hybridized carbons (Fsp3) is 0.417. The summed E-state index contributed by atoms with van der Waals surface area (Å²) < 4.78 is 0. The van der Waals surface area contributed by atoms with Crippen LogP contribution >= 0.6 is 0 Å². The Morgan fingerprint density at radius 2 is 1.90 bits per heavy atom. The zero-order chi connectivity index (χ0) is 16.2. The normalized spacial score (nSPS) is 12.0. The van der Waals surface area contributed by atoms with Gasteiger partial charge in [0.2, 0.25) is 0 Å². The molecule has 1 unspecified atom stereocenters. The zero-order valence-corrected chi connectivity index (χ0v) is 11.5. The Balaban J connectivity index is 3.00. The smallest absolute Gasteiger partial charge is 0.308 e. The number of nitro benzene ring substituents is 2. The van der Waals surface area contributed by atoms with E-state index in [1.807, 2.05) is 0 Å².